The monoisotopic (exact) mass is 129 g/mol. The Hall–Kier alpha value is -0.340. The van der Waals surface area contributed by atoms with Gasteiger partial charge < -0.3 is 10.4 Å². The molecule has 0 aromatic rings. The fraction of sp³-hybridized carbons (Fsp3) is 0.714. The van der Waals surface area contributed by atoms with Crippen LogP contribution in [0, 0.1) is 0 Å². The first-order valence-electron chi connectivity index (χ1n) is 3.03. The first-order chi connectivity index (χ1) is 4.00. The van der Waals surface area contributed by atoms with Crippen LogP contribution in [0.4, 0.5) is 0 Å². The molecule has 0 rings (SSSR count). The zero-order valence-corrected chi connectivity index (χ0v) is 6.36. The topological polar surface area (TPSA) is 32.3 Å². The molecular weight excluding hydrogens is 114 g/mol. The van der Waals surface area contributed by atoms with Crippen LogP contribution >= 0.6 is 0 Å². The molecule has 0 amide bonds. The van der Waals surface area contributed by atoms with Crippen LogP contribution in [0.3, 0.4) is 0 Å². The molecule has 0 saturated heterocycles. The van der Waals surface area contributed by atoms with Gasteiger partial charge in [0.15, 0.2) is 0 Å². The lowest BCUT2D eigenvalue weighted by molar-refractivity contribution is 0.100. The van der Waals surface area contributed by atoms with Gasteiger partial charge in [-0.25, -0.2) is 0 Å². The van der Waals surface area contributed by atoms with Gasteiger partial charge >= 0.3 is 0 Å². The van der Waals surface area contributed by atoms with Gasteiger partial charge in [-0.3, -0.25) is 0 Å². The van der Waals surface area contributed by atoms with Crippen molar-refractivity contribution in [2.75, 3.05) is 13.6 Å². The molecule has 0 aliphatic carbocycles. The number of nitrogens with one attached hydrogen (secondary N) is 1. The second-order valence-corrected chi connectivity index (χ2v) is 2.58. The van der Waals surface area contributed by atoms with E-state index < -0.39 is 5.60 Å². The zero-order valence-electron chi connectivity index (χ0n) is 6.36. The van der Waals surface area contributed by atoms with E-state index in [-0.39, 0.29) is 0 Å². The molecular formula is C7H15NO. The second-order valence-electron chi connectivity index (χ2n) is 2.58. The molecule has 1 atom stereocenters. The summed E-state index contributed by atoms with van der Waals surface area (Å²) in [7, 11) is 1.80. The third-order valence-corrected chi connectivity index (χ3v) is 1.44. The average Bonchev–Trinajstić information content (AvgIpc) is 1.65. The van der Waals surface area contributed by atoms with Crippen LogP contribution < -0.4 is 5.32 Å². The summed E-state index contributed by atoms with van der Waals surface area (Å²) in [5.74, 6) is 0. The maximum atomic E-state index is 9.43. The standard InChI is InChI=1S/C7H15NO/c1-6(2)7(3,9)5-8-4/h8-9H,1,5H2,2-4H3. The molecule has 0 aromatic carbocycles. The van der Waals surface area contributed by atoms with Crippen molar-refractivity contribution in [2.45, 2.75) is 19.4 Å². The van der Waals surface area contributed by atoms with E-state index in [0.717, 1.165) is 5.57 Å². The average molecular weight is 129 g/mol. The normalized spacial score (nSPS) is 16.9. The van der Waals surface area contributed by atoms with Gasteiger partial charge in [0, 0.05) is 6.54 Å². The van der Waals surface area contributed by atoms with Gasteiger partial charge in [0.1, 0.15) is 0 Å². The molecule has 0 fully saturated rings. The van der Waals surface area contributed by atoms with Gasteiger partial charge in [-0.15, -0.1) is 0 Å². The molecule has 2 nitrogen and oxygen atoms in total. The van der Waals surface area contributed by atoms with Crippen molar-refractivity contribution >= 4 is 0 Å². The van der Waals surface area contributed by atoms with Gasteiger partial charge in [-0.1, -0.05) is 6.58 Å². The van der Waals surface area contributed by atoms with Crippen LogP contribution in [0.25, 0.3) is 0 Å². The Bertz CT molecular complexity index is 107. The molecule has 54 valence electrons. The first kappa shape index (κ1) is 8.66. The molecule has 0 saturated carbocycles. The van der Waals surface area contributed by atoms with E-state index in [0.29, 0.717) is 6.54 Å². The minimum Gasteiger partial charge on any atom is -0.384 e. The lowest BCUT2D eigenvalue weighted by Gasteiger charge is -2.22. The molecule has 0 spiro atoms. The third kappa shape index (κ3) is 2.63. The lowest BCUT2D eigenvalue weighted by atomic mass is 9.99. The van der Waals surface area contributed by atoms with E-state index in [1.54, 1.807) is 14.0 Å². The molecule has 0 radical (unpaired) electrons. The highest BCUT2D eigenvalue weighted by Crippen LogP contribution is 2.11. The van der Waals surface area contributed by atoms with Crippen molar-refractivity contribution in [3.05, 3.63) is 12.2 Å². The molecule has 1 unspecified atom stereocenters. The van der Waals surface area contributed by atoms with Gasteiger partial charge in [0.2, 0.25) is 0 Å². The van der Waals surface area contributed by atoms with Crippen LogP contribution in [0.2, 0.25) is 0 Å². The van der Waals surface area contributed by atoms with Crippen molar-refractivity contribution in [3.63, 3.8) is 0 Å². The molecule has 0 aliphatic heterocycles. The van der Waals surface area contributed by atoms with Gasteiger partial charge in [0.05, 0.1) is 5.60 Å². The highest BCUT2D eigenvalue weighted by Gasteiger charge is 2.18. The Labute approximate surface area is 56.6 Å². The summed E-state index contributed by atoms with van der Waals surface area (Å²) in [5.41, 5.74) is 0.0335. The summed E-state index contributed by atoms with van der Waals surface area (Å²) in [6.45, 7) is 7.77. The fourth-order valence-corrected chi connectivity index (χ4v) is 0.495. The number of hydrogen-bond donors (Lipinski definition) is 2. The van der Waals surface area contributed by atoms with E-state index in [2.05, 4.69) is 11.9 Å². The molecule has 0 aromatic heterocycles. The number of rotatable bonds is 3. The van der Waals surface area contributed by atoms with Crippen LogP contribution in [-0.2, 0) is 0 Å². The van der Waals surface area contributed by atoms with Crippen molar-refractivity contribution in [3.8, 4) is 0 Å². The fourth-order valence-electron chi connectivity index (χ4n) is 0.495. The van der Waals surface area contributed by atoms with E-state index >= 15 is 0 Å². The van der Waals surface area contributed by atoms with Crippen LogP contribution in [-0.4, -0.2) is 24.3 Å². The Kier molecular flexibility index (Phi) is 2.88. The van der Waals surface area contributed by atoms with Gasteiger partial charge in [-0.05, 0) is 26.5 Å². The highest BCUT2D eigenvalue weighted by atomic mass is 16.3. The SMILES string of the molecule is C=C(C)C(C)(O)CNC. The summed E-state index contributed by atoms with van der Waals surface area (Å²) < 4.78 is 0. The molecule has 0 aliphatic rings. The minimum atomic E-state index is -0.755. The van der Waals surface area contributed by atoms with Crippen LogP contribution in [0.15, 0.2) is 12.2 Å². The predicted molar refractivity (Wildman–Crippen MR) is 39.4 cm³/mol. The summed E-state index contributed by atoms with van der Waals surface area (Å²) in [4.78, 5) is 0. The van der Waals surface area contributed by atoms with Crippen LogP contribution in [0.1, 0.15) is 13.8 Å². The predicted octanol–water partition coefficient (Wildman–Crippen LogP) is 0.533. The van der Waals surface area contributed by atoms with Crippen molar-refractivity contribution in [1.29, 1.82) is 0 Å². The maximum absolute atomic E-state index is 9.43. The van der Waals surface area contributed by atoms with E-state index in [1.807, 2.05) is 6.92 Å². The second kappa shape index (κ2) is 2.99. The summed E-state index contributed by atoms with van der Waals surface area (Å²) in [5, 5.41) is 12.3. The Morgan fingerprint density at radius 2 is 2.22 bits per heavy atom. The summed E-state index contributed by atoms with van der Waals surface area (Å²) in [6, 6.07) is 0. The van der Waals surface area contributed by atoms with E-state index in [9.17, 15) is 5.11 Å². The number of likely N-dealkylation sites (N-methyl/N-ethyl adjacent to an activating group) is 1. The smallest absolute Gasteiger partial charge is 0.0947 e. The Morgan fingerprint density at radius 1 is 1.78 bits per heavy atom. The number of hydrogen-bond acceptors (Lipinski definition) is 2. The van der Waals surface area contributed by atoms with Gasteiger partial charge in [0.25, 0.3) is 0 Å². The molecule has 0 bridgehead atoms. The van der Waals surface area contributed by atoms with E-state index in [1.165, 1.54) is 0 Å². The van der Waals surface area contributed by atoms with Crippen LogP contribution in [0.5, 0.6) is 0 Å². The molecule has 2 heteroatoms. The number of aliphatic hydroxyl groups is 1. The molecule has 2 N–H and O–H groups in total. The van der Waals surface area contributed by atoms with Gasteiger partial charge in [-0.2, -0.15) is 0 Å². The lowest BCUT2D eigenvalue weighted by Crippen LogP contribution is -2.36. The largest absolute Gasteiger partial charge is 0.384 e. The summed E-state index contributed by atoms with van der Waals surface area (Å²) in [6.07, 6.45) is 0. The van der Waals surface area contributed by atoms with Crippen molar-refractivity contribution in [1.82, 2.24) is 5.32 Å². The highest BCUT2D eigenvalue weighted by molar-refractivity contribution is 5.07. The maximum Gasteiger partial charge on any atom is 0.0947 e. The van der Waals surface area contributed by atoms with Crippen molar-refractivity contribution < 1.29 is 5.11 Å². The minimum absolute atomic E-state index is 0.558. The quantitative estimate of drug-likeness (QED) is 0.545. The summed E-state index contributed by atoms with van der Waals surface area (Å²) >= 11 is 0. The zero-order chi connectivity index (χ0) is 7.49. The van der Waals surface area contributed by atoms with Crippen molar-refractivity contribution in [2.24, 2.45) is 0 Å². The van der Waals surface area contributed by atoms with E-state index in [4.69, 9.17) is 0 Å². The Balaban J connectivity index is 3.85. The first-order valence-corrected chi connectivity index (χ1v) is 3.03. The molecule has 9 heavy (non-hydrogen) atoms. The molecule has 0 heterocycles. The third-order valence-electron chi connectivity index (χ3n) is 1.44. The Morgan fingerprint density at radius 3 is 2.33 bits per heavy atom.